The molecule has 1 aromatic heterocycles. The summed E-state index contributed by atoms with van der Waals surface area (Å²) in [6.45, 7) is 4.90. The third-order valence-electron chi connectivity index (χ3n) is 6.30. The molecule has 2 aliphatic rings. The zero-order chi connectivity index (χ0) is 20.3. The van der Waals surface area contributed by atoms with E-state index in [0.717, 1.165) is 51.3 Å². The maximum absolute atomic E-state index is 12.9. The van der Waals surface area contributed by atoms with Gasteiger partial charge in [0.1, 0.15) is 11.1 Å². The lowest BCUT2D eigenvalue weighted by Gasteiger charge is -2.29. The Morgan fingerprint density at radius 3 is 2.31 bits per heavy atom. The van der Waals surface area contributed by atoms with Crippen molar-refractivity contribution in [2.45, 2.75) is 24.2 Å². The van der Waals surface area contributed by atoms with E-state index in [0.29, 0.717) is 23.9 Å². The number of hydrogen-bond donors (Lipinski definition) is 1. The predicted molar refractivity (Wildman–Crippen MR) is 113 cm³/mol. The molecule has 1 aromatic carbocycles. The Kier molecular flexibility index (Phi) is 6.18. The molecule has 0 bridgehead atoms. The number of nitrogens with one attached hydrogen (secondary N) is 2. The number of sulfonamides is 1. The lowest BCUT2D eigenvalue weighted by molar-refractivity contribution is -0.883. The maximum Gasteiger partial charge on any atom is 0.274 e. The van der Waals surface area contributed by atoms with Gasteiger partial charge in [-0.2, -0.15) is 4.31 Å². The van der Waals surface area contributed by atoms with Crippen LogP contribution in [-0.4, -0.2) is 59.0 Å². The van der Waals surface area contributed by atoms with E-state index in [4.69, 9.17) is 0 Å². The van der Waals surface area contributed by atoms with Crippen LogP contribution in [0.2, 0.25) is 0 Å². The van der Waals surface area contributed by atoms with Gasteiger partial charge in [-0.1, -0.05) is 30.3 Å². The van der Waals surface area contributed by atoms with Crippen molar-refractivity contribution in [2.24, 2.45) is 5.92 Å². The van der Waals surface area contributed by atoms with E-state index in [2.05, 4.69) is 47.3 Å². The van der Waals surface area contributed by atoms with E-state index in [1.165, 1.54) is 10.5 Å². The van der Waals surface area contributed by atoms with Crippen LogP contribution in [-0.2, 0) is 16.4 Å². The molecule has 0 saturated carbocycles. The summed E-state index contributed by atoms with van der Waals surface area (Å²) >= 11 is 0. The minimum atomic E-state index is -3.41. The molecule has 0 spiro atoms. The topological polar surface area (TPSA) is 59.2 Å². The lowest BCUT2D eigenvalue weighted by atomic mass is 9.90. The first-order chi connectivity index (χ1) is 14.0. The van der Waals surface area contributed by atoms with E-state index in [1.807, 2.05) is 6.07 Å². The number of aromatic amines is 1. The first-order valence-corrected chi connectivity index (χ1v) is 12.1. The highest BCUT2D eigenvalue weighted by Gasteiger charge is 2.31. The number of anilines is 1. The zero-order valence-electron chi connectivity index (χ0n) is 17.2. The third kappa shape index (κ3) is 4.79. The molecule has 3 heterocycles. The smallest absolute Gasteiger partial charge is 0.274 e. The number of pyridine rings is 1. The van der Waals surface area contributed by atoms with Crippen molar-refractivity contribution < 1.29 is 18.3 Å². The molecule has 4 rings (SSSR count). The Morgan fingerprint density at radius 2 is 1.69 bits per heavy atom. The van der Waals surface area contributed by atoms with Crippen molar-refractivity contribution in [3.8, 4) is 0 Å². The van der Waals surface area contributed by atoms with Crippen LogP contribution in [0.25, 0.3) is 0 Å². The molecule has 2 saturated heterocycles. The summed E-state index contributed by atoms with van der Waals surface area (Å²) in [6.07, 6.45) is 5.12. The van der Waals surface area contributed by atoms with E-state index in [1.54, 1.807) is 16.6 Å². The summed E-state index contributed by atoms with van der Waals surface area (Å²) in [5.74, 6) is 1.72. The van der Waals surface area contributed by atoms with Crippen molar-refractivity contribution in [2.75, 3.05) is 51.2 Å². The molecular formula is C22H32N4O2S+2. The second-order valence-electron chi connectivity index (χ2n) is 8.39. The number of piperidine rings is 1. The van der Waals surface area contributed by atoms with E-state index < -0.39 is 10.0 Å². The number of benzene rings is 1. The average molecular weight is 417 g/mol. The average Bonchev–Trinajstić information content (AvgIpc) is 2.75. The fourth-order valence-corrected chi connectivity index (χ4v) is 5.75. The number of aromatic nitrogens is 1. The highest BCUT2D eigenvalue weighted by molar-refractivity contribution is 7.89. The molecule has 156 valence electrons. The number of quaternary nitrogens is 1. The van der Waals surface area contributed by atoms with E-state index in [-0.39, 0.29) is 0 Å². The molecular weight excluding hydrogens is 384 g/mol. The van der Waals surface area contributed by atoms with Gasteiger partial charge in [-0.25, -0.2) is 13.4 Å². The van der Waals surface area contributed by atoms with Crippen LogP contribution in [0.3, 0.4) is 0 Å². The van der Waals surface area contributed by atoms with Crippen molar-refractivity contribution in [3.63, 3.8) is 0 Å². The van der Waals surface area contributed by atoms with Crippen LogP contribution >= 0.6 is 0 Å². The van der Waals surface area contributed by atoms with Crippen molar-refractivity contribution >= 4 is 15.8 Å². The van der Waals surface area contributed by atoms with Crippen LogP contribution < -0.4 is 14.8 Å². The molecule has 0 unspecified atom stereocenters. The highest BCUT2D eigenvalue weighted by atomic mass is 32.2. The third-order valence-corrected chi connectivity index (χ3v) is 8.20. The van der Waals surface area contributed by atoms with Crippen LogP contribution in [0.15, 0.2) is 53.6 Å². The summed E-state index contributed by atoms with van der Waals surface area (Å²) in [5, 5.41) is 0. The van der Waals surface area contributed by atoms with E-state index >= 15 is 0 Å². The molecule has 0 atom stereocenters. The monoisotopic (exact) mass is 416 g/mol. The molecule has 6 nitrogen and oxygen atoms in total. The Bertz CT molecular complexity index is 886. The number of hydrogen-bond acceptors (Lipinski definition) is 3. The molecule has 7 heteroatoms. The number of rotatable bonds is 5. The largest absolute Gasteiger partial charge is 0.335 e. The number of piperazine rings is 1. The molecule has 2 fully saturated rings. The van der Waals surface area contributed by atoms with Gasteiger partial charge < -0.3 is 4.90 Å². The van der Waals surface area contributed by atoms with Crippen molar-refractivity contribution in [1.29, 1.82) is 0 Å². The molecule has 0 radical (unpaired) electrons. The molecule has 2 aliphatic heterocycles. The second kappa shape index (κ2) is 8.81. The molecule has 0 aliphatic carbocycles. The number of H-pyrrole nitrogens is 1. The Morgan fingerprint density at radius 1 is 1.00 bits per heavy atom. The lowest BCUT2D eigenvalue weighted by Crippen LogP contribution is -3.12. The Hall–Kier alpha value is -1.96. The SMILES string of the molecule is C[NH+]1CCN(S(=O)(=O)c2ccc(N3CCC(Cc4ccccc4)CC3)[nH+]c2)CC1. The fourth-order valence-electron chi connectivity index (χ4n) is 4.34. The number of nitrogens with zero attached hydrogens (tertiary/aromatic N) is 2. The van der Waals surface area contributed by atoms with Crippen molar-refractivity contribution in [3.05, 3.63) is 54.2 Å². The predicted octanol–water partition coefficient (Wildman–Crippen LogP) is 0.479. The minimum Gasteiger partial charge on any atom is -0.335 e. The van der Waals surface area contributed by atoms with Gasteiger partial charge in [-0.15, -0.1) is 0 Å². The Balaban J connectivity index is 1.35. The first-order valence-electron chi connectivity index (χ1n) is 10.6. The summed E-state index contributed by atoms with van der Waals surface area (Å²) in [7, 11) is -1.30. The quantitative estimate of drug-likeness (QED) is 0.771. The second-order valence-corrected chi connectivity index (χ2v) is 10.3. The normalized spacial score (nSPS) is 20.1. The van der Waals surface area contributed by atoms with Crippen LogP contribution in [0.1, 0.15) is 18.4 Å². The Labute approximate surface area is 174 Å². The van der Waals surface area contributed by atoms with Gasteiger partial charge in [0, 0.05) is 6.07 Å². The molecule has 2 N–H and O–H groups in total. The molecule has 29 heavy (non-hydrogen) atoms. The van der Waals surface area contributed by atoms with Gasteiger partial charge in [-0.3, -0.25) is 4.90 Å². The van der Waals surface area contributed by atoms with Crippen LogP contribution in [0.4, 0.5) is 5.82 Å². The van der Waals surface area contributed by atoms with Gasteiger partial charge in [0.15, 0.2) is 0 Å². The van der Waals surface area contributed by atoms with Gasteiger partial charge in [-0.05, 0) is 36.8 Å². The molecule has 0 amide bonds. The highest BCUT2D eigenvalue weighted by Crippen LogP contribution is 2.24. The minimum absolute atomic E-state index is 0.361. The van der Waals surface area contributed by atoms with Crippen LogP contribution in [0.5, 0.6) is 0 Å². The van der Waals surface area contributed by atoms with Crippen molar-refractivity contribution in [1.82, 2.24) is 4.31 Å². The summed E-state index contributed by atoms with van der Waals surface area (Å²) < 4.78 is 27.4. The van der Waals surface area contributed by atoms with Gasteiger partial charge in [0.25, 0.3) is 5.82 Å². The molecule has 2 aromatic rings. The first kappa shape index (κ1) is 20.3. The van der Waals surface area contributed by atoms with Gasteiger partial charge in [0.2, 0.25) is 10.0 Å². The zero-order valence-corrected chi connectivity index (χ0v) is 18.0. The summed E-state index contributed by atoms with van der Waals surface area (Å²) in [6, 6.07) is 14.4. The number of likely N-dealkylation sites (N-methyl/N-ethyl adjacent to an activating group) is 1. The van der Waals surface area contributed by atoms with Gasteiger partial charge >= 0.3 is 0 Å². The van der Waals surface area contributed by atoms with Crippen LogP contribution in [0, 0.1) is 5.92 Å². The maximum atomic E-state index is 12.9. The fraction of sp³-hybridized carbons (Fsp3) is 0.500. The summed E-state index contributed by atoms with van der Waals surface area (Å²) in [4.78, 5) is 7.31. The van der Waals surface area contributed by atoms with E-state index in [9.17, 15) is 8.42 Å². The standard InChI is InChI=1S/C22H30N4O2S/c1-24-13-15-26(16-14-24)29(27,28)21-7-8-22(23-18-21)25-11-9-20(10-12-25)17-19-5-3-2-4-6-19/h2-8,18,20H,9-17H2,1H3/p+2. The summed E-state index contributed by atoms with van der Waals surface area (Å²) in [5.41, 5.74) is 1.41. The van der Waals surface area contributed by atoms with Gasteiger partial charge in [0.05, 0.1) is 46.3 Å².